The minimum Gasteiger partial charge on any atom is -0.333 e. The minimum atomic E-state index is -0.351. The van der Waals surface area contributed by atoms with E-state index in [9.17, 15) is 9.59 Å². The Morgan fingerprint density at radius 1 is 1.26 bits per heavy atom. The lowest BCUT2D eigenvalue weighted by molar-refractivity contribution is -0.117. The Morgan fingerprint density at radius 3 is 2.78 bits per heavy atom. The first-order chi connectivity index (χ1) is 11.1. The molecule has 6 heteroatoms. The Morgan fingerprint density at radius 2 is 2.04 bits per heavy atom. The SMILES string of the molecule is Cc1ccnc(NC(=O)N[C@H]2CC(=O)N(c3ccccc3)C2)c1. The van der Waals surface area contributed by atoms with Gasteiger partial charge in [-0.05, 0) is 36.8 Å². The van der Waals surface area contributed by atoms with Crippen molar-refractivity contribution in [3.05, 3.63) is 54.2 Å². The molecule has 3 rings (SSSR count). The van der Waals surface area contributed by atoms with E-state index in [2.05, 4.69) is 15.6 Å². The minimum absolute atomic E-state index is 0.00943. The number of benzene rings is 1. The number of anilines is 2. The van der Waals surface area contributed by atoms with Crippen LogP contribution in [0.15, 0.2) is 48.7 Å². The lowest BCUT2D eigenvalue weighted by atomic mass is 10.2. The Balaban J connectivity index is 1.59. The highest BCUT2D eigenvalue weighted by atomic mass is 16.2. The van der Waals surface area contributed by atoms with Crippen LogP contribution in [0.25, 0.3) is 0 Å². The summed E-state index contributed by atoms with van der Waals surface area (Å²) in [6.07, 6.45) is 1.94. The molecule has 1 aromatic heterocycles. The van der Waals surface area contributed by atoms with Crippen LogP contribution in [0.4, 0.5) is 16.3 Å². The molecule has 0 bridgehead atoms. The van der Waals surface area contributed by atoms with Gasteiger partial charge in [0.2, 0.25) is 5.91 Å². The van der Waals surface area contributed by atoms with Gasteiger partial charge in [0.1, 0.15) is 5.82 Å². The Hall–Kier alpha value is -2.89. The van der Waals surface area contributed by atoms with Crippen molar-refractivity contribution in [1.82, 2.24) is 10.3 Å². The standard InChI is InChI=1S/C17H18N4O2/c1-12-7-8-18-15(9-12)20-17(23)19-13-10-16(22)21(11-13)14-5-3-2-4-6-14/h2-9,13H,10-11H2,1H3,(H2,18,19,20,23)/t13-/m0/s1. The van der Waals surface area contributed by atoms with Crippen molar-refractivity contribution in [2.24, 2.45) is 0 Å². The molecule has 0 spiro atoms. The van der Waals surface area contributed by atoms with Gasteiger partial charge in [-0.2, -0.15) is 0 Å². The average Bonchev–Trinajstić information content (AvgIpc) is 2.88. The first kappa shape index (κ1) is 15.0. The van der Waals surface area contributed by atoms with Crippen molar-refractivity contribution in [2.45, 2.75) is 19.4 Å². The Labute approximate surface area is 134 Å². The third kappa shape index (κ3) is 3.66. The van der Waals surface area contributed by atoms with E-state index in [1.54, 1.807) is 17.2 Å². The molecule has 1 aliphatic heterocycles. The Bertz CT molecular complexity index is 718. The van der Waals surface area contributed by atoms with Crippen molar-refractivity contribution in [3.63, 3.8) is 0 Å². The number of carbonyl (C=O) groups excluding carboxylic acids is 2. The van der Waals surface area contributed by atoms with Gasteiger partial charge in [-0.25, -0.2) is 9.78 Å². The van der Waals surface area contributed by atoms with Gasteiger partial charge < -0.3 is 10.2 Å². The van der Waals surface area contributed by atoms with Crippen LogP contribution in [0.1, 0.15) is 12.0 Å². The zero-order valence-corrected chi connectivity index (χ0v) is 12.8. The highest BCUT2D eigenvalue weighted by Gasteiger charge is 2.31. The highest BCUT2D eigenvalue weighted by Crippen LogP contribution is 2.21. The molecule has 1 saturated heterocycles. The number of rotatable bonds is 3. The maximum atomic E-state index is 12.1. The first-order valence-corrected chi connectivity index (χ1v) is 7.47. The van der Waals surface area contributed by atoms with Gasteiger partial charge in [-0.1, -0.05) is 18.2 Å². The number of aryl methyl sites for hydroxylation is 1. The molecule has 1 aromatic carbocycles. The highest BCUT2D eigenvalue weighted by molar-refractivity contribution is 5.97. The summed E-state index contributed by atoms with van der Waals surface area (Å²) in [5, 5.41) is 5.51. The molecule has 1 aliphatic rings. The smallest absolute Gasteiger partial charge is 0.320 e. The summed E-state index contributed by atoms with van der Waals surface area (Å²) >= 11 is 0. The summed E-state index contributed by atoms with van der Waals surface area (Å²) < 4.78 is 0. The number of nitrogens with one attached hydrogen (secondary N) is 2. The normalized spacial score (nSPS) is 17.2. The third-order valence-corrected chi connectivity index (χ3v) is 3.69. The Kier molecular flexibility index (Phi) is 4.23. The molecule has 0 unspecified atom stereocenters. The third-order valence-electron chi connectivity index (χ3n) is 3.69. The second kappa shape index (κ2) is 6.48. The summed E-state index contributed by atoms with van der Waals surface area (Å²) in [5.41, 5.74) is 1.86. The fraction of sp³-hybridized carbons (Fsp3) is 0.235. The van der Waals surface area contributed by atoms with Crippen LogP contribution in [0, 0.1) is 6.92 Å². The quantitative estimate of drug-likeness (QED) is 0.913. The van der Waals surface area contributed by atoms with Gasteiger partial charge in [0, 0.05) is 24.8 Å². The number of aromatic nitrogens is 1. The molecular weight excluding hydrogens is 292 g/mol. The molecule has 0 radical (unpaired) electrons. The van der Waals surface area contributed by atoms with Gasteiger partial charge in [0.05, 0.1) is 6.04 Å². The van der Waals surface area contributed by atoms with Crippen molar-refractivity contribution >= 4 is 23.4 Å². The average molecular weight is 310 g/mol. The molecule has 2 heterocycles. The number of nitrogens with zero attached hydrogens (tertiary/aromatic N) is 2. The van der Waals surface area contributed by atoms with Crippen molar-refractivity contribution in [3.8, 4) is 0 Å². The number of urea groups is 1. The number of hydrogen-bond donors (Lipinski definition) is 2. The number of para-hydroxylation sites is 1. The van der Waals surface area contributed by atoms with E-state index in [1.807, 2.05) is 43.3 Å². The summed E-state index contributed by atoms with van der Waals surface area (Å²) in [4.78, 5) is 29.9. The predicted molar refractivity (Wildman–Crippen MR) is 88.3 cm³/mol. The lowest BCUT2D eigenvalue weighted by Gasteiger charge is -2.17. The molecule has 0 aliphatic carbocycles. The predicted octanol–water partition coefficient (Wildman–Crippen LogP) is 2.32. The first-order valence-electron chi connectivity index (χ1n) is 7.47. The van der Waals surface area contributed by atoms with Crippen LogP contribution in [0.3, 0.4) is 0 Å². The van der Waals surface area contributed by atoms with Crippen molar-refractivity contribution < 1.29 is 9.59 Å². The molecule has 23 heavy (non-hydrogen) atoms. The zero-order chi connectivity index (χ0) is 16.2. The van der Waals surface area contributed by atoms with Crippen LogP contribution < -0.4 is 15.5 Å². The van der Waals surface area contributed by atoms with Gasteiger partial charge in [-0.3, -0.25) is 10.1 Å². The number of hydrogen-bond acceptors (Lipinski definition) is 3. The van der Waals surface area contributed by atoms with Gasteiger partial charge in [-0.15, -0.1) is 0 Å². The molecule has 118 valence electrons. The van der Waals surface area contributed by atoms with E-state index in [4.69, 9.17) is 0 Å². The van der Waals surface area contributed by atoms with Crippen molar-refractivity contribution in [1.29, 1.82) is 0 Å². The molecule has 3 amide bonds. The summed E-state index contributed by atoms with van der Waals surface area (Å²) in [7, 11) is 0. The molecule has 2 aromatic rings. The summed E-state index contributed by atoms with van der Waals surface area (Å²) in [6, 6.07) is 12.5. The van der Waals surface area contributed by atoms with Crippen LogP contribution in [-0.2, 0) is 4.79 Å². The second-order valence-electron chi connectivity index (χ2n) is 5.56. The fourth-order valence-corrected chi connectivity index (χ4v) is 2.60. The van der Waals surface area contributed by atoms with E-state index in [0.29, 0.717) is 18.8 Å². The van der Waals surface area contributed by atoms with Crippen LogP contribution in [-0.4, -0.2) is 29.5 Å². The number of carbonyl (C=O) groups is 2. The number of pyridine rings is 1. The molecule has 1 fully saturated rings. The van der Waals surface area contributed by atoms with Crippen LogP contribution in [0.2, 0.25) is 0 Å². The van der Waals surface area contributed by atoms with E-state index in [-0.39, 0.29) is 18.0 Å². The largest absolute Gasteiger partial charge is 0.333 e. The van der Waals surface area contributed by atoms with Crippen LogP contribution >= 0.6 is 0 Å². The van der Waals surface area contributed by atoms with E-state index in [1.165, 1.54) is 0 Å². The van der Waals surface area contributed by atoms with Crippen molar-refractivity contribution in [2.75, 3.05) is 16.8 Å². The zero-order valence-electron chi connectivity index (χ0n) is 12.8. The molecule has 1 atom stereocenters. The van der Waals surface area contributed by atoms with E-state index >= 15 is 0 Å². The molecule has 6 nitrogen and oxygen atoms in total. The second-order valence-corrected chi connectivity index (χ2v) is 5.56. The summed E-state index contributed by atoms with van der Waals surface area (Å²) in [6.45, 7) is 2.40. The van der Waals surface area contributed by atoms with Crippen LogP contribution in [0.5, 0.6) is 0 Å². The topological polar surface area (TPSA) is 74.3 Å². The maximum Gasteiger partial charge on any atom is 0.320 e. The number of amides is 3. The molecular formula is C17H18N4O2. The monoisotopic (exact) mass is 310 g/mol. The fourth-order valence-electron chi connectivity index (χ4n) is 2.60. The van der Waals surface area contributed by atoms with Gasteiger partial charge in [0.15, 0.2) is 0 Å². The lowest BCUT2D eigenvalue weighted by Crippen LogP contribution is -2.39. The summed E-state index contributed by atoms with van der Waals surface area (Å²) in [5.74, 6) is 0.502. The maximum absolute atomic E-state index is 12.1. The molecule has 2 N–H and O–H groups in total. The van der Waals surface area contributed by atoms with E-state index in [0.717, 1.165) is 11.3 Å². The van der Waals surface area contributed by atoms with Gasteiger partial charge in [0.25, 0.3) is 0 Å². The van der Waals surface area contributed by atoms with E-state index < -0.39 is 0 Å². The molecule has 0 saturated carbocycles. The van der Waals surface area contributed by atoms with Gasteiger partial charge >= 0.3 is 6.03 Å².